The quantitative estimate of drug-likeness (QED) is 0.533. The molecule has 1 amide bonds. The molecular weight excluding hydrogens is 408 g/mol. The summed E-state index contributed by atoms with van der Waals surface area (Å²) < 4.78 is 11.7. The van der Waals surface area contributed by atoms with Crippen molar-refractivity contribution in [2.45, 2.75) is 69.7 Å². The molecule has 3 aliphatic heterocycles. The molecule has 1 spiro atoms. The Morgan fingerprint density at radius 2 is 1.88 bits per heavy atom. The Bertz CT molecular complexity index is 1040. The average molecular weight is 439 g/mol. The molecular formula is C25H30N2O5. The predicted molar refractivity (Wildman–Crippen MR) is 118 cm³/mol. The molecule has 7 heteroatoms. The number of ether oxygens (including phenoxy) is 2. The fraction of sp³-hybridized carbons (Fsp3) is 0.560. The third-order valence-corrected chi connectivity index (χ3v) is 8.26. The summed E-state index contributed by atoms with van der Waals surface area (Å²) >= 11 is 0. The standard InChI is InChI=1S/C25H30N2O5/c1-14-20-12-22-24(19-8-6-7-9-21(19)27(16(3)28)23(14)24)10-11-26(22)13-25(20,32-18(5)30)15(2)31-17(4)29/h6-9,15,20,22-23H,1,10-13H2,2-5H3. The number of hydrogen-bond acceptors (Lipinski definition) is 6. The van der Waals surface area contributed by atoms with Gasteiger partial charge in [0.05, 0.1) is 6.04 Å². The van der Waals surface area contributed by atoms with Gasteiger partial charge in [0.15, 0.2) is 5.60 Å². The van der Waals surface area contributed by atoms with E-state index in [0.29, 0.717) is 6.54 Å². The number of carbonyl (C=O) groups excluding carboxylic acids is 3. The van der Waals surface area contributed by atoms with Crippen molar-refractivity contribution in [3.05, 3.63) is 42.0 Å². The number of piperidine rings is 1. The number of carbonyl (C=O) groups is 3. The van der Waals surface area contributed by atoms with Crippen LogP contribution in [-0.4, -0.2) is 59.6 Å². The van der Waals surface area contributed by atoms with Gasteiger partial charge in [-0.25, -0.2) is 0 Å². The Labute approximate surface area is 188 Å². The first-order valence-corrected chi connectivity index (χ1v) is 11.3. The van der Waals surface area contributed by atoms with Crippen LogP contribution in [0.5, 0.6) is 0 Å². The van der Waals surface area contributed by atoms with E-state index in [1.165, 1.54) is 19.4 Å². The highest BCUT2D eigenvalue weighted by atomic mass is 16.6. The minimum absolute atomic E-state index is 0.0231. The lowest BCUT2D eigenvalue weighted by Crippen LogP contribution is -2.71. The van der Waals surface area contributed by atoms with Crippen LogP contribution in [0.15, 0.2) is 36.4 Å². The van der Waals surface area contributed by atoms with Crippen LogP contribution >= 0.6 is 0 Å². The Morgan fingerprint density at radius 1 is 1.16 bits per heavy atom. The van der Waals surface area contributed by atoms with Crippen LogP contribution in [0.2, 0.25) is 0 Å². The molecule has 5 rings (SSSR count). The summed E-state index contributed by atoms with van der Waals surface area (Å²) in [4.78, 5) is 41.3. The molecule has 0 N–H and O–H groups in total. The van der Waals surface area contributed by atoms with Crippen LogP contribution in [0.3, 0.4) is 0 Å². The van der Waals surface area contributed by atoms with E-state index in [1.54, 1.807) is 13.8 Å². The first kappa shape index (κ1) is 21.2. The number of benzene rings is 1. The van der Waals surface area contributed by atoms with Gasteiger partial charge in [0.25, 0.3) is 0 Å². The molecule has 2 saturated heterocycles. The van der Waals surface area contributed by atoms with Crippen LogP contribution in [0.25, 0.3) is 0 Å². The van der Waals surface area contributed by atoms with E-state index in [1.807, 2.05) is 23.1 Å². The lowest BCUT2D eigenvalue weighted by atomic mass is 9.55. The highest BCUT2D eigenvalue weighted by molar-refractivity contribution is 5.97. The minimum Gasteiger partial charge on any atom is -0.459 e. The number of rotatable bonds is 3. The van der Waals surface area contributed by atoms with Gasteiger partial charge in [0.2, 0.25) is 5.91 Å². The molecule has 4 aliphatic rings. The molecule has 1 aromatic carbocycles. The highest BCUT2D eigenvalue weighted by Gasteiger charge is 2.71. The third kappa shape index (κ3) is 2.54. The van der Waals surface area contributed by atoms with Gasteiger partial charge in [-0.15, -0.1) is 0 Å². The maximum atomic E-state index is 12.9. The van der Waals surface area contributed by atoms with E-state index in [2.05, 4.69) is 17.5 Å². The molecule has 3 fully saturated rings. The van der Waals surface area contributed by atoms with Gasteiger partial charge >= 0.3 is 11.9 Å². The number of anilines is 1. The van der Waals surface area contributed by atoms with E-state index >= 15 is 0 Å². The molecule has 6 unspecified atom stereocenters. The highest BCUT2D eigenvalue weighted by Crippen LogP contribution is 2.64. The molecule has 0 radical (unpaired) electrons. The second-order valence-corrected chi connectivity index (χ2v) is 9.75. The van der Waals surface area contributed by atoms with Crippen molar-refractivity contribution < 1.29 is 23.9 Å². The number of amides is 1. The number of fused-ring (bicyclic) bond motifs is 2. The van der Waals surface area contributed by atoms with Crippen molar-refractivity contribution in [2.75, 3.05) is 18.0 Å². The first-order chi connectivity index (χ1) is 15.1. The van der Waals surface area contributed by atoms with Crippen LogP contribution in [0, 0.1) is 5.92 Å². The summed E-state index contributed by atoms with van der Waals surface area (Å²) in [7, 11) is 0. The third-order valence-electron chi connectivity index (χ3n) is 8.26. The van der Waals surface area contributed by atoms with Gasteiger partial charge in [0.1, 0.15) is 6.10 Å². The fourth-order valence-electron chi connectivity index (χ4n) is 7.32. The molecule has 0 aromatic heterocycles. The van der Waals surface area contributed by atoms with Crippen molar-refractivity contribution in [2.24, 2.45) is 5.92 Å². The molecule has 3 heterocycles. The zero-order valence-corrected chi connectivity index (χ0v) is 19.1. The van der Waals surface area contributed by atoms with Crippen molar-refractivity contribution in [3.63, 3.8) is 0 Å². The summed E-state index contributed by atoms with van der Waals surface area (Å²) in [6.45, 7) is 12.0. The van der Waals surface area contributed by atoms with Crippen molar-refractivity contribution in [1.82, 2.24) is 4.90 Å². The average Bonchev–Trinajstić information content (AvgIpc) is 3.24. The predicted octanol–water partition coefficient (Wildman–Crippen LogP) is 2.58. The minimum atomic E-state index is -1.04. The zero-order valence-electron chi connectivity index (χ0n) is 19.1. The summed E-state index contributed by atoms with van der Waals surface area (Å²) in [6, 6.07) is 8.16. The Hall–Kier alpha value is -2.67. The van der Waals surface area contributed by atoms with E-state index in [4.69, 9.17) is 9.47 Å². The summed E-state index contributed by atoms with van der Waals surface area (Å²) in [5.41, 5.74) is 1.78. The van der Waals surface area contributed by atoms with Gasteiger partial charge in [0, 0.05) is 50.4 Å². The van der Waals surface area contributed by atoms with Gasteiger partial charge in [-0.1, -0.05) is 24.8 Å². The van der Waals surface area contributed by atoms with E-state index in [0.717, 1.165) is 30.6 Å². The maximum Gasteiger partial charge on any atom is 0.303 e. The molecule has 32 heavy (non-hydrogen) atoms. The van der Waals surface area contributed by atoms with Crippen LogP contribution < -0.4 is 4.90 Å². The van der Waals surface area contributed by atoms with Crippen LogP contribution in [-0.2, 0) is 29.3 Å². The number of para-hydroxylation sites is 1. The normalized spacial score (nSPS) is 35.7. The second kappa shape index (κ2) is 6.91. The summed E-state index contributed by atoms with van der Waals surface area (Å²) in [5.74, 6) is -1.08. The van der Waals surface area contributed by atoms with E-state index in [9.17, 15) is 14.4 Å². The molecule has 7 nitrogen and oxygen atoms in total. The largest absolute Gasteiger partial charge is 0.459 e. The Balaban J connectivity index is 1.68. The Kier molecular flexibility index (Phi) is 4.58. The van der Waals surface area contributed by atoms with E-state index < -0.39 is 23.6 Å². The zero-order chi connectivity index (χ0) is 23.0. The molecule has 1 aromatic rings. The summed E-state index contributed by atoms with van der Waals surface area (Å²) in [5, 5.41) is 0. The van der Waals surface area contributed by atoms with Gasteiger partial charge < -0.3 is 14.4 Å². The van der Waals surface area contributed by atoms with Crippen molar-refractivity contribution in [3.8, 4) is 0 Å². The fourth-order valence-corrected chi connectivity index (χ4v) is 7.32. The summed E-state index contributed by atoms with van der Waals surface area (Å²) in [6.07, 6.45) is 0.996. The van der Waals surface area contributed by atoms with E-state index in [-0.39, 0.29) is 29.3 Å². The number of esters is 2. The SMILES string of the molecule is C=C1C2CC3N(CCC34c3ccccc3N(C(C)=O)C14)CC2(OC(C)=O)C(C)OC(C)=O. The number of hydrogen-bond donors (Lipinski definition) is 0. The Morgan fingerprint density at radius 3 is 2.53 bits per heavy atom. The molecule has 2 bridgehead atoms. The van der Waals surface area contributed by atoms with Crippen LogP contribution in [0.1, 0.15) is 46.1 Å². The van der Waals surface area contributed by atoms with Gasteiger partial charge in [-0.3, -0.25) is 19.3 Å². The maximum absolute atomic E-state index is 12.9. The topological polar surface area (TPSA) is 76.2 Å². The lowest BCUT2D eigenvalue weighted by molar-refractivity contribution is -0.207. The van der Waals surface area contributed by atoms with Gasteiger partial charge in [-0.05, 0) is 43.5 Å². The molecule has 170 valence electrons. The second-order valence-electron chi connectivity index (χ2n) is 9.75. The van der Waals surface area contributed by atoms with Crippen molar-refractivity contribution in [1.29, 1.82) is 0 Å². The monoisotopic (exact) mass is 438 g/mol. The molecule has 6 atom stereocenters. The smallest absolute Gasteiger partial charge is 0.303 e. The van der Waals surface area contributed by atoms with Crippen LogP contribution in [0.4, 0.5) is 5.69 Å². The van der Waals surface area contributed by atoms with Crippen molar-refractivity contribution >= 4 is 23.5 Å². The first-order valence-electron chi connectivity index (χ1n) is 11.3. The molecule has 1 aliphatic carbocycles. The number of nitrogens with zero attached hydrogens (tertiary/aromatic N) is 2. The van der Waals surface area contributed by atoms with Gasteiger partial charge in [-0.2, -0.15) is 0 Å². The molecule has 1 saturated carbocycles. The lowest BCUT2D eigenvalue weighted by Gasteiger charge is -2.59.